The van der Waals surface area contributed by atoms with Crippen LogP contribution in [0, 0.1) is 0 Å². The lowest BCUT2D eigenvalue weighted by Gasteiger charge is -2.22. The largest absolute Gasteiger partial charge is 0.309 e. The number of nitrogens with zero attached hydrogens (tertiary/aromatic N) is 8. The summed E-state index contributed by atoms with van der Waals surface area (Å²) < 4.78 is 11.7. The van der Waals surface area contributed by atoms with Crippen molar-refractivity contribution < 1.29 is 0 Å². The van der Waals surface area contributed by atoms with Gasteiger partial charge in [-0.3, -0.25) is 13.7 Å². The van der Waals surface area contributed by atoms with E-state index in [0.717, 1.165) is 116 Å². The number of benzene rings is 15. The Morgan fingerprint density at radius 3 is 1.04 bits per heavy atom. The van der Waals surface area contributed by atoms with Crippen LogP contribution in [0.1, 0.15) is 49.9 Å². The second-order valence-electron chi connectivity index (χ2n) is 30.3. The molecule has 0 fully saturated rings. The molecule has 2 aliphatic carbocycles. The number of para-hydroxylation sites is 6. The molecule has 15 aromatic carbocycles. The number of rotatable bonds is 8. The molecule has 0 spiro atoms. The Hall–Kier alpha value is -13.7. The van der Waals surface area contributed by atoms with Crippen LogP contribution in [0.2, 0.25) is 0 Å². The molecule has 8 nitrogen and oxygen atoms in total. The zero-order valence-electron chi connectivity index (χ0n) is 59.3. The Morgan fingerprint density at radius 2 is 0.523 bits per heavy atom. The second kappa shape index (κ2) is 21.9. The molecule has 8 heteroatoms. The number of aromatic nitrogens is 8. The van der Waals surface area contributed by atoms with E-state index in [9.17, 15) is 0 Å². The molecule has 0 radical (unpaired) electrons. The summed E-state index contributed by atoms with van der Waals surface area (Å²) in [5.41, 5.74) is 29.5. The van der Waals surface area contributed by atoms with E-state index in [1.807, 2.05) is 0 Å². The van der Waals surface area contributed by atoms with Gasteiger partial charge in [-0.25, -0.2) is 0 Å². The SMILES string of the molecule is CC1(C)c2ccccc2-c2ccc(-c3ccc4c5ccccc5n(-c5nc(-n6c7cc(-c8ccc9c(c8)c8ccccc8n9-c8ccccc8)ccc7c7ccc(-c8ccc9c(c8)c8ccccc8n9-c8ccccc8)cc76)nc(-n6c7ccccc7c7c8c(ccc76)-c6ccccc6C8(C)C)n5)c4c3)cc21. The molecule has 0 saturated carbocycles. The minimum atomic E-state index is -0.305. The van der Waals surface area contributed by atoms with Crippen molar-refractivity contribution in [2.24, 2.45) is 0 Å². The average Bonchev–Trinajstić information content (AvgIpc) is 1.53. The van der Waals surface area contributed by atoms with E-state index in [4.69, 9.17) is 15.0 Å². The van der Waals surface area contributed by atoms with Gasteiger partial charge in [-0.05, 0) is 181 Å². The molecular formula is C99H66N8. The van der Waals surface area contributed by atoms with Gasteiger partial charge in [0.05, 0.1) is 55.2 Å². The number of fused-ring (bicyclic) bond motifs is 22. The van der Waals surface area contributed by atoms with E-state index in [0.29, 0.717) is 17.8 Å². The van der Waals surface area contributed by atoms with Gasteiger partial charge in [0.25, 0.3) is 0 Å². The number of hydrogen-bond acceptors (Lipinski definition) is 3. The molecule has 0 saturated heterocycles. The third-order valence-electron chi connectivity index (χ3n) is 24.0. The first-order chi connectivity index (χ1) is 52.6. The Balaban J connectivity index is 0.807. The topological polar surface area (TPSA) is 63.3 Å². The third-order valence-corrected chi connectivity index (χ3v) is 24.0. The van der Waals surface area contributed by atoms with Gasteiger partial charge in [-0.1, -0.05) is 252 Å². The molecule has 0 bridgehead atoms. The van der Waals surface area contributed by atoms with Crippen molar-refractivity contribution in [1.29, 1.82) is 0 Å². The summed E-state index contributed by atoms with van der Waals surface area (Å²) in [5, 5.41) is 11.5. The van der Waals surface area contributed by atoms with Gasteiger partial charge in [0, 0.05) is 76.1 Å². The highest BCUT2D eigenvalue weighted by molar-refractivity contribution is 6.17. The fourth-order valence-electron chi connectivity index (χ4n) is 19.0. The lowest BCUT2D eigenvalue weighted by Crippen LogP contribution is -2.15. The van der Waals surface area contributed by atoms with E-state index in [-0.39, 0.29) is 10.8 Å². The molecule has 107 heavy (non-hydrogen) atoms. The first-order valence-electron chi connectivity index (χ1n) is 37.1. The normalized spacial score (nSPS) is 13.6. The Labute approximate surface area is 616 Å². The molecule has 6 heterocycles. The van der Waals surface area contributed by atoms with Crippen LogP contribution in [-0.2, 0) is 10.8 Å². The summed E-state index contributed by atoms with van der Waals surface area (Å²) in [6.45, 7) is 9.49. The van der Waals surface area contributed by atoms with E-state index < -0.39 is 0 Å². The Bertz CT molecular complexity index is 7220. The Kier molecular flexibility index (Phi) is 12.3. The standard InChI is InChI=1S/C99H66N8/c1-98(2)80-33-17-11-27-67(80)69-45-39-61(55-82(69)98)64-42-46-73-70-29-13-21-37-85(70)106(90(73)58-64)96-100-95(105-86-38-22-16-32-77(86)93-89(105)52-49-76-68-28-12-18-34-81(68)99(3,4)94(76)93)101-97(102-96)107-91-56-62(59-43-50-87-78(53-59)71-30-14-19-35-83(71)103(87)65-23-7-5-8-24-65)40-47-74(91)75-48-41-63(57-92(75)107)60-44-51-88-79(54-60)72-31-15-20-36-84(72)104(88)66-25-9-6-10-26-66/h5-58H,1-4H3. The van der Waals surface area contributed by atoms with Crippen LogP contribution in [0.5, 0.6) is 0 Å². The molecule has 0 amide bonds. The molecule has 0 aliphatic heterocycles. The fourth-order valence-corrected chi connectivity index (χ4v) is 19.0. The highest BCUT2D eigenvalue weighted by atomic mass is 15.3. The van der Waals surface area contributed by atoms with Crippen molar-refractivity contribution >= 4 is 109 Å². The van der Waals surface area contributed by atoms with Crippen molar-refractivity contribution in [1.82, 2.24) is 37.8 Å². The average molecular weight is 1370 g/mol. The van der Waals surface area contributed by atoms with Crippen molar-refractivity contribution in [2.75, 3.05) is 0 Å². The molecule has 0 unspecified atom stereocenters. The van der Waals surface area contributed by atoms with E-state index in [1.165, 1.54) is 82.5 Å². The van der Waals surface area contributed by atoms with Crippen LogP contribution in [-0.4, -0.2) is 37.8 Å². The van der Waals surface area contributed by atoms with Gasteiger partial charge in [0.15, 0.2) is 0 Å². The zero-order chi connectivity index (χ0) is 70.7. The minimum absolute atomic E-state index is 0.171. The van der Waals surface area contributed by atoms with Crippen LogP contribution in [0.4, 0.5) is 0 Å². The molecular weight excluding hydrogens is 1300 g/mol. The molecule has 0 N–H and O–H groups in total. The maximum atomic E-state index is 5.99. The third kappa shape index (κ3) is 8.40. The van der Waals surface area contributed by atoms with Gasteiger partial charge in [-0.2, -0.15) is 15.0 Å². The van der Waals surface area contributed by atoms with E-state index in [1.54, 1.807) is 0 Å². The minimum Gasteiger partial charge on any atom is -0.309 e. The summed E-state index contributed by atoms with van der Waals surface area (Å²) in [7, 11) is 0. The molecule has 2 aliphatic rings. The Morgan fingerprint density at radius 1 is 0.206 bits per heavy atom. The van der Waals surface area contributed by atoms with Gasteiger partial charge >= 0.3 is 0 Å². The quantitative estimate of drug-likeness (QED) is 0.152. The predicted molar refractivity (Wildman–Crippen MR) is 443 cm³/mol. The first kappa shape index (κ1) is 59.8. The van der Waals surface area contributed by atoms with Crippen LogP contribution < -0.4 is 0 Å². The van der Waals surface area contributed by atoms with Gasteiger partial charge in [0.2, 0.25) is 17.8 Å². The van der Waals surface area contributed by atoms with Crippen molar-refractivity contribution in [3.05, 3.63) is 350 Å². The molecule has 502 valence electrons. The molecule has 0 atom stereocenters. The molecule has 6 aromatic heterocycles. The summed E-state index contributed by atoms with van der Waals surface area (Å²) >= 11 is 0. The van der Waals surface area contributed by atoms with Crippen molar-refractivity contribution in [3.63, 3.8) is 0 Å². The van der Waals surface area contributed by atoms with Crippen LogP contribution in [0.25, 0.3) is 194 Å². The molecule has 21 aromatic rings. The summed E-state index contributed by atoms with van der Waals surface area (Å²) in [5.74, 6) is 1.50. The van der Waals surface area contributed by atoms with E-state index >= 15 is 0 Å². The zero-order valence-corrected chi connectivity index (χ0v) is 59.3. The number of hydrogen-bond donors (Lipinski definition) is 0. The highest BCUT2D eigenvalue weighted by Gasteiger charge is 2.39. The second-order valence-corrected chi connectivity index (χ2v) is 30.3. The van der Waals surface area contributed by atoms with Crippen LogP contribution in [0.15, 0.2) is 328 Å². The van der Waals surface area contributed by atoms with E-state index in [2.05, 4.69) is 378 Å². The highest BCUT2D eigenvalue weighted by Crippen LogP contribution is 2.55. The summed E-state index contributed by atoms with van der Waals surface area (Å²) in [6, 6.07) is 121. The van der Waals surface area contributed by atoms with Gasteiger partial charge < -0.3 is 9.13 Å². The molecule has 23 rings (SSSR count). The maximum Gasteiger partial charge on any atom is 0.241 e. The lowest BCUT2D eigenvalue weighted by molar-refractivity contribution is 0.660. The van der Waals surface area contributed by atoms with Gasteiger partial charge in [0.1, 0.15) is 0 Å². The summed E-state index contributed by atoms with van der Waals surface area (Å²) in [6.07, 6.45) is 0. The van der Waals surface area contributed by atoms with Crippen LogP contribution in [0.3, 0.4) is 0 Å². The van der Waals surface area contributed by atoms with Gasteiger partial charge in [-0.15, -0.1) is 0 Å². The van der Waals surface area contributed by atoms with Crippen molar-refractivity contribution in [3.8, 4) is 84.9 Å². The predicted octanol–water partition coefficient (Wildman–Crippen LogP) is 25.0. The van der Waals surface area contributed by atoms with Crippen LogP contribution >= 0.6 is 0 Å². The lowest BCUT2D eigenvalue weighted by atomic mass is 9.80. The smallest absolute Gasteiger partial charge is 0.241 e. The monoisotopic (exact) mass is 1370 g/mol. The van der Waals surface area contributed by atoms with Crippen molar-refractivity contribution in [2.45, 2.75) is 38.5 Å². The first-order valence-corrected chi connectivity index (χ1v) is 37.1. The summed E-state index contributed by atoms with van der Waals surface area (Å²) in [4.78, 5) is 17.9. The maximum absolute atomic E-state index is 5.99. The fraction of sp³-hybridized carbons (Fsp3) is 0.0606.